The smallest absolute Gasteiger partial charge is 0.0646 e. The molecule has 0 bridgehead atoms. The molecular weight excluding hydrogens is 180 g/mol. The van der Waals surface area contributed by atoms with Gasteiger partial charge in [0.2, 0.25) is 0 Å². The summed E-state index contributed by atoms with van der Waals surface area (Å²) in [5.41, 5.74) is 3.05. The lowest BCUT2D eigenvalue weighted by atomic mass is 10.1. The first-order valence-electron chi connectivity index (χ1n) is 4.53. The fourth-order valence-electron chi connectivity index (χ4n) is 1.85. The summed E-state index contributed by atoms with van der Waals surface area (Å²) in [6.07, 6.45) is 6.16. The number of likely N-dealkylation sites (tertiary alicyclic amines) is 1. The van der Waals surface area contributed by atoms with Crippen LogP contribution < -0.4 is 0 Å². The molecular formula is C10H12N2S. The van der Waals surface area contributed by atoms with Crippen molar-refractivity contribution in [2.45, 2.75) is 18.9 Å². The summed E-state index contributed by atoms with van der Waals surface area (Å²) in [5.74, 6) is 0. The van der Waals surface area contributed by atoms with Gasteiger partial charge in [-0.05, 0) is 24.5 Å². The SMILES string of the molecule is S=CN1CCCC1c1cccnc1. The van der Waals surface area contributed by atoms with Crippen molar-refractivity contribution >= 4 is 17.7 Å². The lowest BCUT2D eigenvalue weighted by molar-refractivity contribution is 0.417. The zero-order chi connectivity index (χ0) is 9.10. The number of thiocarbonyl (C=S) groups is 1. The minimum atomic E-state index is 0.464. The van der Waals surface area contributed by atoms with E-state index in [1.165, 1.54) is 18.4 Å². The lowest BCUT2D eigenvalue weighted by Crippen LogP contribution is -2.20. The molecule has 2 heterocycles. The van der Waals surface area contributed by atoms with Gasteiger partial charge in [-0.3, -0.25) is 4.98 Å². The zero-order valence-corrected chi connectivity index (χ0v) is 8.20. The number of pyridine rings is 1. The Balaban J connectivity index is 2.21. The summed E-state index contributed by atoms with van der Waals surface area (Å²) in [6.45, 7) is 1.09. The molecule has 0 saturated carbocycles. The van der Waals surface area contributed by atoms with Crippen molar-refractivity contribution in [3.05, 3.63) is 30.1 Å². The standard InChI is InChI=1S/C10H12N2S/c13-8-12-6-2-4-10(12)9-3-1-5-11-7-9/h1,3,5,7-8,10H,2,4,6H2. The summed E-state index contributed by atoms with van der Waals surface area (Å²) < 4.78 is 0. The van der Waals surface area contributed by atoms with E-state index >= 15 is 0 Å². The molecule has 0 radical (unpaired) electrons. The van der Waals surface area contributed by atoms with Crippen LogP contribution in [0.25, 0.3) is 0 Å². The van der Waals surface area contributed by atoms with E-state index in [1.807, 2.05) is 12.3 Å². The Morgan fingerprint density at radius 3 is 3.23 bits per heavy atom. The minimum Gasteiger partial charge on any atom is -0.362 e. The summed E-state index contributed by atoms with van der Waals surface area (Å²) in [4.78, 5) is 6.34. The van der Waals surface area contributed by atoms with Crippen LogP contribution in [0.1, 0.15) is 24.4 Å². The van der Waals surface area contributed by atoms with Gasteiger partial charge in [0.25, 0.3) is 0 Å². The maximum atomic E-state index is 4.97. The average Bonchev–Trinajstić information content (AvgIpc) is 2.67. The van der Waals surface area contributed by atoms with Crippen LogP contribution in [0.4, 0.5) is 0 Å². The van der Waals surface area contributed by atoms with Crippen molar-refractivity contribution in [1.82, 2.24) is 9.88 Å². The van der Waals surface area contributed by atoms with Gasteiger partial charge in [0, 0.05) is 18.9 Å². The molecule has 3 heteroatoms. The molecule has 1 fully saturated rings. The van der Waals surface area contributed by atoms with Gasteiger partial charge in [0.15, 0.2) is 0 Å². The van der Waals surface area contributed by atoms with Gasteiger partial charge in [0.05, 0.1) is 11.5 Å². The Labute approximate surface area is 83.6 Å². The van der Waals surface area contributed by atoms with E-state index in [-0.39, 0.29) is 0 Å². The van der Waals surface area contributed by atoms with Crippen LogP contribution in [0.2, 0.25) is 0 Å². The first kappa shape index (κ1) is 8.63. The molecule has 0 aromatic carbocycles. The second kappa shape index (κ2) is 3.83. The van der Waals surface area contributed by atoms with Crippen LogP contribution in [0.5, 0.6) is 0 Å². The molecule has 0 spiro atoms. The van der Waals surface area contributed by atoms with E-state index in [0.29, 0.717) is 6.04 Å². The molecule has 1 aromatic rings. The molecule has 0 amide bonds. The van der Waals surface area contributed by atoms with Crippen molar-refractivity contribution in [1.29, 1.82) is 0 Å². The second-order valence-electron chi connectivity index (χ2n) is 3.29. The van der Waals surface area contributed by atoms with E-state index < -0.39 is 0 Å². The van der Waals surface area contributed by atoms with E-state index in [9.17, 15) is 0 Å². The van der Waals surface area contributed by atoms with Crippen LogP contribution in [-0.4, -0.2) is 21.9 Å². The molecule has 1 atom stereocenters. The summed E-state index contributed by atoms with van der Waals surface area (Å²) in [6, 6.07) is 4.57. The maximum absolute atomic E-state index is 4.97. The van der Waals surface area contributed by atoms with E-state index in [0.717, 1.165) is 6.54 Å². The van der Waals surface area contributed by atoms with Crippen molar-refractivity contribution in [3.8, 4) is 0 Å². The van der Waals surface area contributed by atoms with Crippen molar-refractivity contribution in [3.63, 3.8) is 0 Å². The van der Waals surface area contributed by atoms with Crippen molar-refractivity contribution in [2.24, 2.45) is 0 Å². The Kier molecular flexibility index (Phi) is 2.54. The lowest BCUT2D eigenvalue weighted by Gasteiger charge is -2.21. The highest BCUT2D eigenvalue weighted by molar-refractivity contribution is 7.78. The largest absolute Gasteiger partial charge is 0.362 e. The van der Waals surface area contributed by atoms with Gasteiger partial charge in [-0.15, -0.1) is 0 Å². The topological polar surface area (TPSA) is 16.1 Å². The molecule has 1 aromatic heterocycles. The third-order valence-corrected chi connectivity index (χ3v) is 2.77. The van der Waals surface area contributed by atoms with Gasteiger partial charge in [-0.1, -0.05) is 18.3 Å². The molecule has 1 aliphatic heterocycles. The third-order valence-electron chi connectivity index (χ3n) is 2.50. The molecule has 2 nitrogen and oxygen atoms in total. The Morgan fingerprint density at radius 1 is 1.62 bits per heavy atom. The second-order valence-corrected chi connectivity index (χ2v) is 3.50. The minimum absolute atomic E-state index is 0.464. The fourth-order valence-corrected chi connectivity index (χ4v) is 2.10. The predicted octanol–water partition coefficient (Wildman–Crippen LogP) is 2.18. The highest BCUT2D eigenvalue weighted by Gasteiger charge is 2.23. The predicted molar refractivity (Wildman–Crippen MR) is 56.6 cm³/mol. The first-order valence-corrected chi connectivity index (χ1v) is 5.00. The molecule has 1 aliphatic rings. The number of hydrogen-bond acceptors (Lipinski definition) is 2. The average molecular weight is 192 g/mol. The maximum Gasteiger partial charge on any atom is 0.0646 e. The van der Waals surface area contributed by atoms with Gasteiger partial charge in [0.1, 0.15) is 0 Å². The molecule has 0 aliphatic carbocycles. The summed E-state index contributed by atoms with van der Waals surface area (Å²) >= 11 is 4.97. The summed E-state index contributed by atoms with van der Waals surface area (Å²) in [5, 5.41) is 0. The van der Waals surface area contributed by atoms with Crippen molar-refractivity contribution in [2.75, 3.05) is 6.54 Å². The normalized spacial score (nSPS) is 21.8. The molecule has 13 heavy (non-hydrogen) atoms. The fraction of sp³-hybridized carbons (Fsp3) is 0.400. The first-order chi connectivity index (χ1) is 6.42. The molecule has 0 N–H and O–H groups in total. The van der Waals surface area contributed by atoms with Crippen molar-refractivity contribution < 1.29 is 0 Å². The Morgan fingerprint density at radius 2 is 2.54 bits per heavy atom. The number of rotatable bonds is 2. The van der Waals surface area contributed by atoms with E-state index in [2.05, 4.69) is 16.0 Å². The molecule has 68 valence electrons. The monoisotopic (exact) mass is 192 g/mol. The van der Waals surface area contributed by atoms with Crippen LogP contribution in [0.3, 0.4) is 0 Å². The third kappa shape index (κ3) is 1.70. The summed E-state index contributed by atoms with van der Waals surface area (Å²) in [7, 11) is 0. The molecule has 1 saturated heterocycles. The van der Waals surface area contributed by atoms with Gasteiger partial charge in [-0.2, -0.15) is 0 Å². The van der Waals surface area contributed by atoms with Crippen LogP contribution in [0, 0.1) is 0 Å². The van der Waals surface area contributed by atoms with Gasteiger partial charge >= 0.3 is 0 Å². The molecule has 2 rings (SSSR count). The zero-order valence-electron chi connectivity index (χ0n) is 7.39. The van der Waals surface area contributed by atoms with Gasteiger partial charge in [-0.25, -0.2) is 0 Å². The quantitative estimate of drug-likeness (QED) is 0.668. The Hall–Kier alpha value is -0.960. The van der Waals surface area contributed by atoms with Crippen LogP contribution in [0.15, 0.2) is 24.5 Å². The highest BCUT2D eigenvalue weighted by atomic mass is 32.1. The number of nitrogens with zero attached hydrogens (tertiary/aromatic N) is 2. The van der Waals surface area contributed by atoms with Gasteiger partial charge < -0.3 is 4.90 Å². The van der Waals surface area contributed by atoms with Crippen LogP contribution >= 0.6 is 12.2 Å². The highest BCUT2D eigenvalue weighted by Crippen LogP contribution is 2.29. The van der Waals surface area contributed by atoms with Crippen LogP contribution in [-0.2, 0) is 0 Å². The van der Waals surface area contributed by atoms with E-state index in [1.54, 1.807) is 11.7 Å². The Bertz CT molecular complexity index is 286. The van der Waals surface area contributed by atoms with E-state index in [4.69, 9.17) is 12.2 Å². The molecule has 1 unspecified atom stereocenters. The number of hydrogen-bond donors (Lipinski definition) is 0. The number of aromatic nitrogens is 1.